The molecule has 2 aromatic rings. The first kappa shape index (κ1) is 19.2. The molecule has 9 heteroatoms. The van der Waals surface area contributed by atoms with Crippen LogP contribution in [0.15, 0.2) is 48.0 Å². The molecule has 1 aliphatic rings. The molecule has 1 aromatic carbocycles. The number of aliphatic carboxylic acids is 1. The van der Waals surface area contributed by atoms with E-state index in [1.807, 2.05) is 37.5 Å². The number of carboxylic acids is 1. The lowest BCUT2D eigenvalue weighted by Crippen LogP contribution is -2.43. The van der Waals surface area contributed by atoms with Crippen LogP contribution in [-0.2, 0) is 28.0 Å². The average Bonchev–Trinajstić information content (AvgIpc) is 3.09. The highest BCUT2D eigenvalue weighted by molar-refractivity contribution is 6.19. The minimum Gasteiger partial charge on any atom is -0.511 e. The number of nitrogens with one attached hydrogen (secondary N) is 1. The summed E-state index contributed by atoms with van der Waals surface area (Å²) in [4.78, 5) is 36.7. The van der Waals surface area contributed by atoms with Crippen molar-refractivity contribution in [2.24, 2.45) is 7.05 Å². The number of rotatable bonds is 6. The van der Waals surface area contributed by atoms with Gasteiger partial charge in [0.15, 0.2) is 0 Å². The van der Waals surface area contributed by atoms with Crippen molar-refractivity contribution in [3.8, 4) is 11.1 Å². The molecule has 1 aromatic heterocycles. The highest BCUT2D eigenvalue weighted by atomic mass is 16.4. The molecule has 0 aliphatic carbocycles. The molecule has 0 radical (unpaired) electrons. The fourth-order valence-electron chi connectivity index (χ4n) is 2.97. The number of amides is 2. The van der Waals surface area contributed by atoms with Crippen molar-refractivity contribution < 1.29 is 24.6 Å². The molecule has 9 nitrogen and oxygen atoms in total. The Balaban J connectivity index is 1.70. The predicted octanol–water partition coefficient (Wildman–Crippen LogP) is 0.832. The van der Waals surface area contributed by atoms with Gasteiger partial charge in [-0.25, -0.2) is 0 Å². The monoisotopic (exact) mass is 384 g/mol. The van der Waals surface area contributed by atoms with Gasteiger partial charge in [0, 0.05) is 38.3 Å². The summed E-state index contributed by atoms with van der Waals surface area (Å²) in [6.07, 6.45) is 3.80. The van der Waals surface area contributed by atoms with Crippen LogP contribution in [0.3, 0.4) is 0 Å². The van der Waals surface area contributed by atoms with Gasteiger partial charge in [0.25, 0.3) is 11.8 Å². The smallest absolute Gasteiger partial charge is 0.322 e. The summed E-state index contributed by atoms with van der Waals surface area (Å²) in [5, 5.41) is 24.8. The van der Waals surface area contributed by atoms with Crippen molar-refractivity contribution in [2.75, 3.05) is 13.1 Å². The molecule has 3 rings (SSSR count). The van der Waals surface area contributed by atoms with Gasteiger partial charge in [0.1, 0.15) is 17.9 Å². The molecule has 3 N–H and O–H groups in total. The molecule has 1 aliphatic heterocycles. The second-order valence-electron chi connectivity index (χ2n) is 6.47. The Bertz CT molecular complexity index is 945. The van der Waals surface area contributed by atoms with E-state index in [2.05, 4.69) is 10.4 Å². The van der Waals surface area contributed by atoms with Gasteiger partial charge in [0.05, 0.1) is 6.20 Å². The zero-order valence-corrected chi connectivity index (χ0v) is 15.3. The highest BCUT2D eigenvalue weighted by Crippen LogP contribution is 2.22. The maximum absolute atomic E-state index is 12.6. The number of carboxylic acid groups (broad SMARTS) is 1. The Kier molecular flexibility index (Phi) is 5.44. The zero-order chi connectivity index (χ0) is 20.3. The van der Waals surface area contributed by atoms with E-state index in [0.29, 0.717) is 0 Å². The number of carbonyl (C=O) groups is 3. The van der Waals surface area contributed by atoms with Crippen LogP contribution in [0.25, 0.3) is 11.1 Å². The van der Waals surface area contributed by atoms with Crippen LogP contribution >= 0.6 is 0 Å². The third kappa shape index (κ3) is 4.20. The predicted molar refractivity (Wildman–Crippen MR) is 99.0 cm³/mol. The largest absolute Gasteiger partial charge is 0.511 e. The van der Waals surface area contributed by atoms with Crippen LogP contribution in [0.2, 0.25) is 0 Å². The molecule has 0 saturated carbocycles. The van der Waals surface area contributed by atoms with Gasteiger partial charge in [-0.05, 0) is 11.1 Å². The molecule has 0 saturated heterocycles. The summed E-state index contributed by atoms with van der Waals surface area (Å²) in [5.41, 5.74) is 2.44. The molecule has 0 bridgehead atoms. The van der Waals surface area contributed by atoms with Crippen LogP contribution in [-0.4, -0.2) is 55.8 Å². The lowest BCUT2D eigenvalue weighted by molar-refractivity contribution is -0.138. The number of benzene rings is 1. The summed E-state index contributed by atoms with van der Waals surface area (Å²) < 4.78 is 1.71. The van der Waals surface area contributed by atoms with E-state index in [-0.39, 0.29) is 25.3 Å². The third-order valence-corrected chi connectivity index (χ3v) is 4.40. The maximum atomic E-state index is 12.6. The van der Waals surface area contributed by atoms with Crippen molar-refractivity contribution in [3.63, 3.8) is 0 Å². The molecule has 146 valence electrons. The number of aliphatic hydroxyl groups excluding tert-OH is 1. The van der Waals surface area contributed by atoms with Gasteiger partial charge in [-0.1, -0.05) is 24.3 Å². The lowest BCUT2D eigenvalue weighted by atomic mass is 10.0. The van der Waals surface area contributed by atoms with E-state index in [4.69, 9.17) is 5.11 Å². The fraction of sp³-hybridized carbons (Fsp3) is 0.263. The Morgan fingerprint density at radius 1 is 1.21 bits per heavy atom. The molecular formula is C19H20N4O5. The van der Waals surface area contributed by atoms with Crippen molar-refractivity contribution in [1.29, 1.82) is 0 Å². The third-order valence-electron chi connectivity index (χ3n) is 4.40. The van der Waals surface area contributed by atoms with Gasteiger partial charge < -0.3 is 20.4 Å². The first-order chi connectivity index (χ1) is 13.3. The van der Waals surface area contributed by atoms with E-state index in [0.717, 1.165) is 16.7 Å². The van der Waals surface area contributed by atoms with E-state index in [9.17, 15) is 19.5 Å². The van der Waals surface area contributed by atoms with Gasteiger partial charge >= 0.3 is 5.97 Å². The number of hydrogen-bond donors (Lipinski definition) is 3. The average molecular weight is 384 g/mol. The van der Waals surface area contributed by atoms with Crippen molar-refractivity contribution in [3.05, 3.63) is 53.6 Å². The van der Waals surface area contributed by atoms with Gasteiger partial charge in [0.2, 0.25) is 0 Å². The second kappa shape index (κ2) is 7.95. The van der Waals surface area contributed by atoms with Crippen LogP contribution in [0.1, 0.15) is 12.0 Å². The minimum absolute atomic E-state index is 0.134. The molecule has 2 amide bonds. The summed E-state index contributed by atoms with van der Waals surface area (Å²) in [6.45, 7) is -0.0847. The van der Waals surface area contributed by atoms with Gasteiger partial charge in [-0.15, -0.1) is 0 Å². The number of aromatic nitrogens is 2. The summed E-state index contributed by atoms with van der Waals surface area (Å²) in [5.74, 6) is -3.07. The topological polar surface area (TPSA) is 125 Å². The fourth-order valence-corrected chi connectivity index (χ4v) is 2.97. The van der Waals surface area contributed by atoms with Crippen molar-refractivity contribution in [2.45, 2.75) is 13.0 Å². The standard InChI is InChI=1S/C19H20N4O5/c1-22-11-14(8-21-22)13-4-2-12(3-5-13)10-23-7-6-15(24)17(19(23)28)18(27)20-9-16(25)26/h2-5,8,11,24H,6-7,9-10H2,1H3,(H,20,27)(H,25,26). The molecule has 0 atom stereocenters. The number of nitrogens with zero attached hydrogens (tertiary/aromatic N) is 3. The minimum atomic E-state index is -1.23. The first-order valence-electron chi connectivity index (χ1n) is 8.64. The molecule has 28 heavy (non-hydrogen) atoms. The molecule has 0 spiro atoms. The number of carbonyl (C=O) groups excluding carboxylic acids is 2. The number of hydrogen-bond acceptors (Lipinski definition) is 5. The summed E-state index contributed by atoms with van der Waals surface area (Å²) in [6, 6.07) is 7.62. The zero-order valence-electron chi connectivity index (χ0n) is 15.3. The van der Waals surface area contributed by atoms with Crippen LogP contribution in [0.5, 0.6) is 0 Å². The molecule has 0 unspecified atom stereocenters. The molecular weight excluding hydrogens is 364 g/mol. The molecule has 0 fully saturated rings. The molecule has 2 heterocycles. The maximum Gasteiger partial charge on any atom is 0.322 e. The lowest BCUT2D eigenvalue weighted by Gasteiger charge is -2.28. The van der Waals surface area contributed by atoms with Gasteiger partial charge in [-0.3, -0.25) is 19.1 Å². The van der Waals surface area contributed by atoms with Crippen LogP contribution in [0, 0.1) is 0 Å². The number of aliphatic hydroxyl groups is 1. The Labute approximate surface area is 160 Å². The normalized spacial score (nSPS) is 14.3. The Morgan fingerprint density at radius 2 is 1.93 bits per heavy atom. The second-order valence-corrected chi connectivity index (χ2v) is 6.47. The van der Waals surface area contributed by atoms with Crippen LogP contribution < -0.4 is 5.32 Å². The SMILES string of the molecule is Cn1cc(-c2ccc(CN3CCC(O)=C(C(=O)NCC(=O)O)C3=O)cc2)cn1. The summed E-state index contributed by atoms with van der Waals surface area (Å²) in [7, 11) is 1.84. The Hall–Kier alpha value is -3.62. The van der Waals surface area contributed by atoms with Gasteiger partial charge in [-0.2, -0.15) is 5.10 Å². The van der Waals surface area contributed by atoms with E-state index in [1.165, 1.54) is 4.90 Å². The highest BCUT2D eigenvalue weighted by Gasteiger charge is 2.32. The van der Waals surface area contributed by atoms with Crippen molar-refractivity contribution in [1.82, 2.24) is 20.0 Å². The van der Waals surface area contributed by atoms with E-state index >= 15 is 0 Å². The Morgan fingerprint density at radius 3 is 2.54 bits per heavy atom. The van der Waals surface area contributed by atoms with E-state index in [1.54, 1.807) is 10.9 Å². The summed E-state index contributed by atoms with van der Waals surface area (Å²) >= 11 is 0. The quantitative estimate of drug-likeness (QED) is 0.634. The van der Waals surface area contributed by atoms with Crippen LogP contribution in [0.4, 0.5) is 0 Å². The van der Waals surface area contributed by atoms with Crippen molar-refractivity contribution >= 4 is 17.8 Å². The number of aryl methyl sites for hydroxylation is 1. The van der Waals surface area contributed by atoms with E-state index < -0.39 is 29.9 Å². The first-order valence-corrected chi connectivity index (χ1v) is 8.64.